The molecule has 0 spiro atoms. The molecule has 5 heteroatoms. The molecule has 4 aromatic carbocycles. The number of amides is 1. The smallest absolute Gasteiger partial charge is 0.271 e. The molecule has 3 atom stereocenters. The van der Waals surface area contributed by atoms with Gasteiger partial charge >= 0.3 is 0 Å². The summed E-state index contributed by atoms with van der Waals surface area (Å²) >= 11 is 5.39. The molecule has 1 amide bonds. The Morgan fingerprint density at radius 1 is 0.824 bits per heavy atom. The van der Waals surface area contributed by atoms with Gasteiger partial charge in [0.15, 0.2) is 0 Å². The molecule has 0 bridgehead atoms. The van der Waals surface area contributed by atoms with Gasteiger partial charge in [-0.25, -0.2) is 0 Å². The van der Waals surface area contributed by atoms with E-state index in [0.717, 1.165) is 27.0 Å². The fourth-order valence-corrected chi connectivity index (χ4v) is 6.73. The number of rotatable bonds is 4. The summed E-state index contributed by atoms with van der Waals surface area (Å²) in [7, 11) is 0. The average molecular weight is 528 g/mol. The molecule has 4 aromatic rings. The Morgan fingerprint density at radius 2 is 1.47 bits per heavy atom. The fraction of sp³-hybridized carbons (Fsp3) is 0.138. The number of hydrogen-bond donors (Lipinski definition) is 0. The lowest BCUT2D eigenvalue weighted by Gasteiger charge is -2.57. The Hall–Kier alpha value is -3.02. The highest BCUT2D eigenvalue weighted by molar-refractivity contribution is 9.10. The summed E-state index contributed by atoms with van der Waals surface area (Å²) in [5.41, 5.74) is 2.66. The fourth-order valence-electron chi connectivity index (χ4n) is 5.09. The van der Waals surface area contributed by atoms with Gasteiger partial charge in [0.2, 0.25) is 6.10 Å². The Balaban J connectivity index is 1.54. The van der Waals surface area contributed by atoms with Crippen LogP contribution in [0.2, 0.25) is 0 Å². The lowest BCUT2D eigenvalue weighted by molar-refractivity contribution is -0.142. The summed E-state index contributed by atoms with van der Waals surface area (Å²) in [6.45, 7) is 0. The van der Waals surface area contributed by atoms with E-state index in [2.05, 4.69) is 64.5 Å². The van der Waals surface area contributed by atoms with E-state index in [9.17, 15) is 4.79 Å². The molecule has 3 nitrogen and oxygen atoms in total. The number of halogens is 1. The molecular formula is C29H22BrNO2S. The summed E-state index contributed by atoms with van der Waals surface area (Å²) < 4.78 is 7.51. The minimum absolute atomic E-state index is 0.00258. The number of carbonyl (C=O) groups is 1. The second-order valence-corrected chi connectivity index (χ2v) is 10.8. The summed E-state index contributed by atoms with van der Waals surface area (Å²) in [5, 5.41) is 0.148. The Morgan fingerprint density at radius 3 is 2.21 bits per heavy atom. The quantitative estimate of drug-likeness (QED) is 0.259. The highest BCUT2D eigenvalue weighted by Gasteiger charge is 2.65. The van der Waals surface area contributed by atoms with Gasteiger partial charge in [-0.05, 0) is 53.9 Å². The molecule has 0 radical (unpaired) electrons. The Labute approximate surface area is 211 Å². The van der Waals surface area contributed by atoms with Crippen molar-refractivity contribution in [1.29, 1.82) is 0 Å². The third-order valence-corrected chi connectivity index (χ3v) is 8.51. The number of ether oxygens (including phenoxy) is 1. The first-order valence-electron chi connectivity index (χ1n) is 11.3. The van der Waals surface area contributed by atoms with Crippen molar-refractivity contribution in [2.75, 3.05) is 4.90 Å². The number of anilines is 1. The van der Waals surface area contributed by atoms with E-state index in [1.807, 2.05) is 77.3 Å². The summed E-state index contributed by atoms with van der Waals surface area (Å²) in [4.78, 5) is 16.9. The minimum Gasteiger partial charge on any atom is -0.478 e. The highest BCUT2D eigenvalue weighted by Crippen LogP contribution is 2.59. The number of carbonyl (C=O) groups excluding carboxylic acids is 1. The van der Waals surface area contributed by atoms with E-state index < -0.39 is 11.6 Å². The number of nitrogens with zero attached hydrogens (tertiary/aromatic N) is 1. The third kappa shape index (κ3) is 3.46. The molecule has 168 valence electrons. The van der Waals surface area contributed by atoms with Gasteiger partial charge in [-0.15, -0.1) is 11.8 Å². The second kappa shape index (κ2) is 8.64. The Bertz CT molecular complexity index is 1330. The number of thioether (sulfide) groups is 1. The SMILES string of the molecule is O=C1[C@H](Oc2ccccc2)[C@]2(c3ccccc3)C[C@@H](c3ccc(Br)cc3)Sc3ccccc3N12. The van der Waals surface area contributed by atoms with E-state index in [0.29, 0.717) is 5.75 Å². The van der Waals surface area contributed by atoms with Crippen LogP contribution in [0.4, 0.5) is 5.69 Å². The summed E-state index contributed by atoms with van der Waals surface area (Å²) in [6.07, 6.45) is 0.128. The van der Waals surface area contributed by atoms with Crippen LogP contribution < -0.4 is 9.64 Å². The first-order valence-corrected chi connectivity index (χ1v) is 13.0. The molecular weight excluding hydrogens is 506 g/mol. The van der Waals surface area contributed by atoms with Crippen LogP contribution >= 0.6 is 27.7 Å². The van der Waals surface area contributed by atoms with Crippen molar-refractivity contribution >= 4 is 39.3 Å². The van der Waals surface area contributed by atoms with E-state index in [-0.39, 0.29) is 11.2 Å². The molecule has 6 rings (SSSR count). The average Bonchev–Trinajstić information content (AvgIpc) is 3.02. The van der Waals surface area contributed by atoms with E-state index in [4.69, 9.17) is 4.74 Å². The highest BCUT2D eigenvalue weighted by atomic mass is 79.9. The number of β-lactam (4-membered cyclic amide) rings is 1. The monoisotopic (exact) mass is 527 g/mol. The van der Waals surface area contributed by atoms with Crippen LogP contribution in [0, 0.1) is 0 Å². The third-order valence-electron chi connectivity index (χ3n) is 6.66. The van der Waals surface area contributed by atoms with Gasteiger partial charge in [0.25, 0.3) is 5.91 Å². The lowest BCUT2D eigenvalue weighted by atomic mass is 9.70. The van der Waals surface area contributed by atoms with Crippen LogP contribution in [0.25, 0.3) is 0 Å². The maximum absolute atomic E-state index is 13.8. The Kier molecular flexibility index (Phi) is 5.47. The largest absolute Gasteiger partial charge is 0.478 e. The zero-order valence-corrected chi connectivity index (χ0v) is 20.7. The zero-order valence-electron chi connectivity index (χ0n) is 18.3. The molecule has 0 saturated carbocycles. The topological polar surface area (TPSA) is 29.5 Å². The van der Waals surface area contributed by atoms with Gasteiger partial charge in [-0.1, -0.05) is 88.7 Å². The van der Waals surface area contributed by atoms with Crippen LogP contribution in [0.1, 0.15) is 22.8 Å². The normalized spacial score (nSPS) is 23.3. The van der Waals surface area contributed by atoms with E-state index in [1.54, 1.807) is 0 Å². The molecule has 2 heterocycles. The van der Waals surface area contributed by atoms with Crippen molar-refractivity contribution in [1.82, 2.24) is 0 Å². The van der Waals surface area contributed by atoms with Crippen LogP contribution in [0.5, 0.6) is 5.75 Å². The van der Waals surface area contributed by atoms with Crippen molar-refractivity contribution in [3.63, 3.8) is 0 Å². The van der Waals surface area contributed by atoms with Crippen molar-refractivity contribution < 1.29 is 9.53 Å². The number of para-hydroxylation sites is 2. The van der Waals surface area contributed by atoms with Gasteiger partial charge in [0, 0.05) is 14.6 Å². The van der Waals surface area contributed by atoms with Crippen molar-refractivity contribution in [2.45, 2.75) is 28.2 Å². The van der Waals surface area contributed by atoms with Crippen LogP contribution in [-0.2, 0) is 10.3 Å². The number of fused-ring (bicyclic) bond motifs is 3. The lowest BCUT2D eigenvalue weighted by Crippen LogP contribution is -2.74. The van der Waals surface area contributed by atoms with E-state index in [1.165, 1.54) is 5.56 Å². The summed E-state index contributed by atoms with van der Waals surface area (Å²) in [6, 6.07) is 36.8. The van der Waals surface area contributed by atoms with Gasteiger partial charge in [0.05, 0.1) is 5.69 Å². The maximum Gasteiger partial charge on any atom is 0.271 e. The summed E-state index contributed by atoms with van der Waals surface area (Å²) in [5.74, 6) is 0.707. The van der Waals surface area contributed by atoms with Gasteiger partial charge in [-0.2, -0.15) is 0 Å². The molecule has 0 aromatic heterocycles. The molecule has 0 N–H and O–H groups in total. The van der Waals surface area contributed by atoms with Crippen molar-refractivity contribution in [3.05, 3.63) is 125 Å². The molecule has 1 saturated heterocycles. The predicted octanol–water partition coefficient (Wildman–Crippen LogP) is 7.38. The van der Waals surface area contributed by atoms with Gasteiger partial charge in [0.1, 0.15) is 11.3 Å². The van der Waals surface area contributed by atoms with E-state index >= 15 is 0 Å². The first-order chi connectivity index (χ1) is 16.7. The predicted molar refractivity (Wildman–Crippen MR) is 140 cm³/mol. The van der Waals surface area contributed by atoms with Gasteiger partial charge in [-0.3, -0.25) is 9.69 Å². The zero-order chi connectivity index (χ0) is 23.1. The molecule has 0 aliphatic carbocycles. The molecule has 1 fully saturated rings. The molecule has 0 unspecified atom stereocenters. The minimum atomic E-state index is -0.620. The van der Waals surface area contributed by atoms with Crippen molar-refractivity contribution in [2.24, 2.45) is 0 Å². The number of benzene rings is 4. The second-order valence-electron chi connectivity index (χ2n) is 8.60. The van der Waals surface area contributed by atoms with Crippen LogP contribution in [-0.4, -0.2) is 12.0 Å². The molecule has 2 aliphatic heterocycles. The maximum atomic E-state index is 13.8. The molecule has 34 heavy (non-hydrogen) atoms. The van der Waals surface area contributed by atoms with Crippen molar-refractivity contribution in [3.8, 4) is 5.75 Å². The standard InChI is InChI=1S/C29H22BrNO2S/c30-22-17-15-20(16-18-22)26-19-29(21-9-3-1-4-10-21)27(33-23-11-5-2-6-12-23)28(32)31(29)24-13-7-8-14-25(24)34-26/h1-18,26-27H,19H2/t26-,27-,29+/m0/s1. The first kappa shape index (κ1) is 21.5. The van der Waals surface area contributed by atoms with Crippen LogP contribution in [0.3, 0.4) is 0 Å². The van der Waals surface area contributed by atoms with Gasteiger partial charge < -0.3 is 4.74 Å². The van der Waals surface area contributed by atoms with Crippen LogP contribution in [0.15, 0.2) is 119 Å². The number of hydrogen-bond acceptors (Lipinski definition) is 3. The molecule has 2 aliphatic rings.